The topological polar surface area (TPSA) is 117 Å². The molecule has 2 heterocycles. The number of nitrogens with one attached hydrogen (secondary N) is 2. The van der Waals surface area contributed by atoms with Crippen molar-refractivity contribution in [1.82, 2.24) is 10.6 Å². The highest BCUT2D eigenvalue weighted by Gasteiger charge is 2.80. The maximum absolute atomic E-state index is 15.6. The number of ether oxygens (including phenoxy) is 2. The van der Waals surface area contributed by atoms with Crippen LogP contribution in [0, 0.1) is 12.3 Å². The molecular formula is C39H41N3O6. The van der Waals surface area contributed by atoms with Crippen molar-refractivity contribution < 1.29 is 29.0 Å². The van der Waals surface area contributed by atoms with Crippen LogP contribution in [0.2, 0.25) is 0 Å². The Hall–Kier alpha value is -4.99. The van der Waals surface area contributed by atoms with Gasteiger partial charge in [0.15, 0.2) is 23.0 Å². The van der Waals surface area contributed by atoms with E-state index < -0.39 is 52.5 Å². The van der Waals surface area contributed by atoms with Gasteiger partial charge in [0, 0.05) is 17.3 Å². The van der Waals surface area contributed by atoms with Crippen LogP contribution in [0.25, 0.3) is 0 Å². The van der Waals surface area contributed by atoms with Gasteiger partial charge in [0.05, 0.1) is 12.7 Å². The van der Waals surface area contributed by atoms with Gasteiger partial charge < -0.3 is 19.9 Å². The number of carbonyl (C=O) groups is 3. The maximum Gasteiger partial charge on any atom is 0.265 e. The van der Waals surface area contributed by atoms with Crippen molar-refractivity contribution in [2.75, 3.05) is 12.0 Å². The molecule has 4 aromatic carbocycles. The first kappa shape index (κ1) is 32.9. The Balaban J connectivity index is 1.71. The molecular weight excluding hydrogens is 606 g/mol. The summed E-state index contributed by atoms with van der Waals surface area (Å²) >= 11 is 0. The minimum atomic E-state index is -2.60. The van der Waals surface area contributed by atoms with Gasteiger partial charge in [0.25, 0.3) is 5.91 Å². The molecule has 2 amide bonds. The summed E-state index contributed by atoms with van der Waals surface area (Å²) < 4.78 is 12.1. The van der Waals surface area contributed by atoms with Gasteiger partial charge in [-0.3, -0.25) is 24.6 Å². The van der Waals surface area contributed by atoms with Crippen molar-refractivity contribution in [2.45, 2.75) is 64.1 Å². The zero-order valence-electron chi connectivity index (χ0n) is 28.0. The first-order chi connectivity index (χ1) is 22.8. The summed E-state index contributed by atoms with van der Waals surface area (Å²) in [5.41, 5.74) is -3.30. The highest BCUT2D eigenvalue weighted by Crippen LogP contribution is 2.59. The summed E-state index contributed by atoms with van der Waals surface area (Å²) in [6, 6.07) is 27.8. The van der Waals surface area contributed by atoms with Gasteiger partial charge >= 0.3 is 0 Å². The second-order valence-corrected chi connectivity index (χ2v) is 13.6. The second-order valence-electron chi connectivity index (χ2n) is 13.6. The predicted octanol–water partition coefficient (Wildman–Crippen LogP) is 5.46. The van der Waals surface area contributed by atoms with Crippen molar-refractivity contribution in [3.8, 4) is 11.5 Å². The molecule has 0 aromatic heterocycles. The van der Waals surface area contributed by atoms with Gasteiger partial charge in [-0.15, -0.1) is 0 Å². The van der Waals surface area contributed by atoms with Gasteiger partial charge in [0.1, 0.15) is 17.5 Å². The van der Waals surface area contributed by atoms with E-state index >= 15 is 9.59 Å². The van der Waals surface area contributed by atoms with E-state index in [1.54, 1.807) is 66.7 Å². The van der Waals surface area contributed by atoms with Crippen LogP contribution in [0.3, 0.4) is 0 Å². The molecule has 9 heteroatoms. The lowest BCUT2D eigenvalue weighted by Gasteiger charge is -2.50. The van der Waals surface area contributed by atoms with Crippen molar-refractivity contribution in [2.24, 2.45) is 5.41 Å². The summed E-state index contributed by atoms with van der Waals surface area (Å²) in [5, 5.41) is 19.9. The fraction of sp³-hybridized carbons (Fsp3) is 0.308. The molecule has 248 valence electrons. The van der Waals surface area contributed by atoms with E-state index in [4.69, 9.17) is 9.47 Å². The summed E-state index contributed by atoms with van der Waals surface area (Å²) in [5.74, 6) is -1.27. The van der Waals surface area contributed by atoms with Crippen LogP contribution in [0.1, 0.15) is 60.8 Å². The highest BCUT2D eigenvalue weighted by molar-refractivity contribution is 6.20. The molecule has 0 bridgehead atoms. The predicted molar refractivity (Wildman–Crippen MR) is 183 cm³/mol. The standard InChI is InChI=1S/C39H41N3O6/c1-24-17-22-31-30(23-24)33(43)38(35(48-31)40-25(2)26-13-9-7-10-14-26)32(34(44)41-37(3,4)5)42(28-15-11-8-12-16-28)36(45)39(38,46)27-18-20-29(47-6)21-19-27/h7-23,25,32,35,40,46H,1-6H3,(H,41,44)/t25-,32+,35-,38-,39+/m0/s1. The van der Waals surface area contributed by atoms with Gasteiger partial charge in [-0.25, -0.2) is 0 Å². The first-order valence-corrected chi connectivity index (χ1v) is 16.0. The number of amides is 2. The highest BCUT2D eigenvalue weighted by atomic mass is 16.5. The van der Waals surface area contributed by atoms with Gasteiger partial charge in [-0.05, 0) is 82.1 Å². The number of nitrogens with zero attached hydrogens (tertiary/aromatic N) is 1. The number of hydrogen-bond donors (Lipinski definition) is 3. The van der Waals surface area contributed by atoms with E-state index in [0.29, 0.717) is 11.4 Å². The number of methoxy groups -OCH3 is 1. The fourth-order valence-electron chi connectivity index (χ4n) is 7.02. The van der Waals surface area contributed by atoms with Crippen LogP contribution in [0.5, 0.6) is 11.5 Å². The molecule has 48 heavy (non-hydrogen) atoms. The van der Waals surface area contributed by atoms with Crippen LogP contribution >= 0.6 is 0 Å². The summed E-state index contributed by atoms with van der Waals surface area (Å²) in [7, 11) is 1.51. The second kappa shape index (κ2) is 12.2. The third-order valence-corrected chi connectivity index (χ3v) is 9.22. The molecule has 0 saturated carbocycles. The number of aliphatic hydroxyl groups is 1. The van der Waals surface area contributed by atoms with E-state index in [1.807, 2.05) is 71.0 Å². The SMILES string of the molecule is COc1ccc([C@@]2(O)C(=O)N(c3ccccc3)[C@H](C(=O)NC(C)(C)C)[C@@]23C(=O)c2cc(C)ccc2O[C@@H]3N[C@@H](C)c2ccccc2)cc1. The molecule has 5 atom stereocenters. The lowest BCUT2D eigenvalue weighted by Crippen LogP contribution is -2.71. The van der Waals surface area contributed by atoms with Crippen molar-refractivity contribution in [3.63, 3.8) is 0 Å². The Labute approximate surface area is 280 Å². The average Bonchev–Trinajstić information content (AvgIpc) is 3.28. The Kier molecular flexibility index (Phi) is 8.39. The zero-order valence-corrected chi connectivity index (χ0v) is 28.0. The number of rotatable bonds is 7. The number of benzene rings is 4. The molecule has 0 unspecified atom stereocenters. The van der Waals surface area contributed by atoms with E-state index in [2.05, 4.69) is 10.6 Å². The fourth-order valence-corrected chi connectivity index (χ4v) is 7.02. The molecule has 1 spiro atoms. The minimum absolute atomic E-state index is 0.118. The minimum Gasteiger partial charge on any atom is -0.497 e. The molecule has 4 aromatic rings. The Morgan fingerprint density at radius 3 is 2.17 bits per heavy atom. The molecule has 1 fully saturated rings. The quantitative estimate of drug-likeness (QED) is 0.244. The number of para-hydroxylation sites is 1. The monoisotopic (exact) mass is 647 g/mol. The smallest absolute Gasteiger partial charge is 0.265 e. The van der Waals surface area contributed by atoms with Gasteiger partial charge in [-0.2, -0.15) is 0 Å². The van der Waals surface area contributed by atoms with E-state index in [-0.39, 0.29) is 16.9 Å². The van der Waals surface area contributed by atoms with E-state index in [1.165, 1.54) is 12.0 Å². The average molecular weight is 648 g/mol. The number of hydrogen-bond acceptors (Lipinski definition) is 7. The number of Topliss-reactive ketones (excluding diaryl/α,β-unsaturated/α-hetero) is 1. The molecule has 0 radical (unpaired) electrons. The van der Waals surface area contributed by atoms with Crippen molar-refractivity contribution in [3.05, 3.63) is 125 Å². The Bertz CT molecular complexity index is 1840. The van der Waals surface area contributed by atoms with Crippen LogP contribution in [0.4, 0.5) is 5.69 Å². The lowest BCUT2D eigenvalue weighted by atomic mass is 9.60. The summed E-state index contributed by atoms with van der Waals surface area (Å²) in [6.07, 6.45) is -1.36. The third-order valence-electron chi connectivity index (χ3n) is 9.22. The number of anilines is 1. The maximum atomic E-state index is 15.6. The van der Waals surface area contributed by atoms with Crippen molar-refractivity contribution in [1.29, 1.82) is 0 Å². The lowest BCUT2D eigenvalue weighted by molar-refractivity contribution is -0.157. The number of carbonyl (C=O) groups excluding carboxylic acids is 3. The third kappa shape index (κ3) is 5.23. The van der Waals surface area contributed by atoms with Crippen molar-refractivity contribution >= 4 is 23.3 Å². The zero-order chi connectivity index (χ0) is 34.4. The number of ketones is 1. The van der Waals surface area contributed by atoms with Crippen LogP contribution < -0.4 is 25.0 Å². The van der Waals surface area contributed by atoms with Gasteiger partial charge in [-0.1, -0.05) is 72.3 Å². The van der Waals surface area contributed by atoms with Crippen LogP contribution in [0.15, 0.2) is 103 Å². The Morgan fingerprint density at radius 1 is 0.938 bits per heavy atom. The van der Waals surface area contributed by atoms with Crippen LogP contribution in [-0.2, 0) is 15.2 Å². The molecule has 3 N–H and O–H groups in total. The molecule has 9 nitrogen and oxygen atoms in total. The molecule has 6 rings (SSSR count). The van der Waals surface area contributed by atoms with E-state index in [9.17, 15) is 9.90 Å². The summed E-state index contributed by atoms with van der Waals surface area (Å²) in [4.78, 5) is 46.9. The molecule has 2 aliphatic heterocycles. The summed E-state index contributed by atoms with van der Waals surface area (Å²) in [6.45, 7) is 9.22. The molecule has 0 aliphatic carbocycles. The number of fused-ring (bicyclic) bond motifs is 1. The molecule has 1 saturated heterocycles. The van der Waals surface area contributed by atoms with E-state index in [0.717, 1.165) is 11.1 Å². The largest absolute Gasteiger partial charge is 0.497 e. The first-order valence-electron chi connectivity index (χ1n) is 16.0. The normalized spacial score (nSPS) is 24.2. The van der Waals surface area contributed by atoms with Crippen LogP contribution in [-0.4, -0.2) is 47.6 Å². The number of aryl methyl sites for hydroxylation is 1. The Morgan fingerprint density at radius 2 is 1.56 bits per heavy atom. The molecule has 2 aliphatic rings. The van der Waals surface area contributed by atoms with Gasteiger partial charge in [0.2, 0.25) is 5.91 Å².